The van der Waals surface area contributed by atoms with Gasteiger partial charge in [-0.1, -0.05) is 27.5 Å². The molecule has 3 rings (SSSR count). The number of benzene rings is 1. The van der Waals surface area contributed by atoms with E-state index in [-0.39, 0.29) is 11.9 Å². The highest BCUT2D eigenvalue weighted by Gasteiger charge is 2.26. The van der Waals surface area contributed by atoms with Gasteiger partial charge in [0.05, 0.1) is 16.6 Å². The van der Waals surface area contributed by atoms with Gasteiger partial charge in [0, 0.05) is 30.0 Å². The predicted octanol–water partition coefficient (Wildman–Crippen LogP) is 4.01. The Kier molecular flexibility index (Phi) is 5.64. The molecule has 6 heteroatoms. The molecule has 1 fully saturated rings. The average molecular weight is 411 g/mol. The fraction of sp³-hybridized carbons (Fsp3) is 0.389. The zero-order valence-corrected chi connectivity index (χ0v) is 16.0. The monoisotopic (exact) mass is 409 g/mol. The first kappa shape index (κ1) is 17.5. The van der Waals surface area contributed by atoms with Crippen LogP contribution in [-0.2, 0) is 7.05 Å². The van der Waals surface area contributed by atoms with Crippen molar-refractivity contribution in [3.8, 4) is 0 Å². The molecule has 0 spiro atoms. The minimum Gasteiger partial charge on any atom is -0.353 e. The molecule has 2 aromatic rings. The van der Waals surface area contributed by atoms with Crippen molar-refractivity contribution in [3.05, 3.63) is 57.3 Å². The summed E-state index contributed by atoms with van der Waals surface area (Å²) in [5.41, 5.74) is 1.72. The van der Waals surface area contributed by atoms with Gasteiger partial charge in [-0.25, -0.2) is 0 Å². The first-order chi connectivity index (χ1) is 11.6. The Hall–Kier alpha value is -1.30. The Morgan fingerprint density at radius 2 is 2.08 bits per heavy atom. The third kappa shape index (κ3) is 3.85. The van der Waals surface area contributed by atoms with E-state index < -0.39 is 0 Å². The normalized spacial score (nSPS) is 16.3. The second-order valence-electron chi connectivity index (χ2n) is 6.14. The van der Waals surface area contributed by atoms with Crippen LogP contribution in [-0.4, -0.2) is 35.0 Å². The molecule has 1 aromatic heterocycles. The van der Waals surface area contributed by atoms with Crippen LogP contribution in [0.2, 0.25) is 5.02 Å². The molecule has 1 aliphatic rings. The van der Waals surface area contributed by atoms with Crippen LogP contribution in [0.15, 0.2) is 41.0 Å². The van der Waals surface area contributed by atoms with E-state index in [0.717, 1.165) is 17.6 Å². The first-order valence-electron chi connectivity index (χ1n) is 8.15. The number of hydrogen-bond donors (Lipinski definition) is 1. The molecular formula is C18H21BrClN3O. The number of amides is 1. The Balaban J connectivity index is 1.75. The molecule has 1 aliphatic heterocycles. The summed E-state index contributed by atoms with van der Waals surface area (Å²) in [6.07, 6.45) is 4.48. The highest BCUT2D eigenvalue weighted by Crippen LogP contribution is 2.25. The van der Waals surface area contributed by atoms with Gasteiger partial charge in [0.2, 0.25) is 0 Å². The summed E-state index contributed by atoms with van der Waals surface area (Å²) in [7, 11) is 2.05. The zero-order valence-electron chi connectivity index (χ0n) is 13.6. The fourth-order valence-electron chi connectivity index (χ4n) is 3.25. The van der Waals surface area contributed by atoms with Crippen LogP contribution in [0.3, 0.4) is 0 Å². The summed E-state index contributed by atoms with van der Waals surface area (Å²) in [5, 5.41) is 3.53. The number of aromatic nitrogens is 1. The van der Waals surface area contributed by atoms with Gasteiger partial charge < -0.3 is 9.88 Å². The van der Waals surface area contributed by atoms with E-state index in [4.69, 9.17) is 11.6 Å². The summed E-state index contributed by atoms with van der Waals surface area (Å²) in [6.45, 7) is 2.71. The Labute approximate surface area is 155 Å². The Bertz CT molecular complexity index is 725. The Morgan fingerprint density at radius 1 is 1.33 bits per heavy atom. The number of nitrogens with one attached hydrogen (secondary N) is 1. The lowest BCUT2D eigenvalue weighted by Crippen LogP contribution is -2.37. The molecule has 1 amide bonds. The van der Waals surface area contributed by atoms with Gasteiger partial charge in [-0.3, -0.25) is 9.69 Å². The highest BCUT2D eigenvalue weighted by molar-refractivity contribution is 9.10. The quantitative estimate of drug-likeness (QED) is 0.809. The van der Waals surface area contributed by atoms with Crippen LogP contribution in [0, 0.1) is 0 Å². The topological polar surface area (TPSA) is 37.3 Å². The number of nitrogens with zero attached hydrogens (tertiary/aromatic N) is 2. The van der Waals surface area contributed by atoms with E-state index in [1.54, 1.807) is 12.1 Å². The first-order valence-corrected chi connectivity index (χ1v) is 9.32. The van der Waals surface area contributed by atoms with E-state index >= 15 is 0 Å². The van der Waals surface area contributed by atoms with Gasteiger partial charge >= 0.3 is 0 Å². The minimum atomic E-state index is -0.139. The van der Waals surface area contributed by atoms with Crippen LogP contribution in [0.1, 0.15) is 34.9 Å². The standard InChI is InChI=1S/C18H21BrClN3O/c1-22-8-4-5-16(22)17(23-9-2-3-10-23)12-21-18(24)14-11-13(19)6-7-15(14)20/h4-8,11,17H,2-3,9-10,12H2,1H3,(H,21,24). The molecule has 0 saturated carbocycles. The van der Waals surface area contributed by atoms with Gasteiger partial charge in [-0.15, -0.1) is 0 Å². The molecule has 128 valence electrons. The van der Waals surface area contributed by atoms with Crippen LogP contribution < -0.4 is 5.32 Å². The van der Waals surface area contributed by atoms with Crippen molar-refractivity contribution >= 4 is 33.4 Å². The van der Waals surface area contributed by atoms with Crippen molar-refractivity contribution in [2.24, 2.45) is 7.05 Å². The van der Waals surface area contributed by atoms with Crippen LogP contribution in [0.4, 0.5) is 0 Å². The molecule has 1 unspecified atom stereocenters. The second kappa shape index (κ2) is 7.72. The average Bonchev–Trinajstić information content (AvgIpc) is 3.22. The number of hydrogen-bond acceptors (Lipinski definition) is 2. The summed E-state index contributed by atoms with van der Waals surface area (Å²) in [4.78, 5) is 15.0. The SMILES string of the molecule is Cn1cccc1C(CNC(=O)c1cc(Br)ccc1Cl)N1CCCC1. The van der Waals surface area contributed by atoms with Gasteiger partial charge in [-0.2, -0.15) is 0 Å². The maximum absolute atomic E-state index is 12.5. The molecule has 0 bridgehead atoms. The minimum absolute atomic E-state index is 0.139. The molecular weight excluding hydrogens is 390 g/mol. The highest BCUT2D eigenvalue weighted by atomic mass is 79.9. The van der Waals surface area contributed by atoms with Crippen molar-refractivity contribution in [1.82, 2.24) is 14.8 Å². The number of aryl methyl sites for hydroxylation is 1. The number of carbonyl (C=O) groups excluding carboxylic acids is 1. The van der Waals surface area contributed by atoms with E-state index in [0.29, 0.717) is 17.1 Å². The van der Waals surface area contributed by atoms with E-state index in [1.165, 1.54) is 18.5 Å². The molecule has 0 aliphatic carbocycles. The molecule has 24 heavy (non-hydrogen) atoms. The molecule has 2 heterocycles. The summed E-state index contributed by atoms with van der Waals surface area (Å²) in [5.74, 6) is -0.139. The molecule has 1 atom stereocenters. The number of likely N-dealkylation sites (tertiary alicyclic amines) is 1. The van der Waals surface area contributed by atoms with E-state index in [1.807, 2.05) is 25.4 Å². The van der Waals surface area contributed by atoms with Crippen molar-refractivity contribution in [2.45, 2.75) is 18.9 Å². The van der Waals surface area contributed by atoms with Gasteiger partial charge in [0.1, 0.15) is 0 Å². The van der Waals surface area contributed by atoms with Gasteiger partial charge in [0.25, 0.3) is 5.91 Å². The third-order valence-corrected chi connectivity index (χ3v) is 5.36. The summed E-state index contributed by atoms with van der Waals surface area (Å²) in [6, 6.07) is 9.67. The van der Waals surface area contributed by atoms with Crippen molar-refractivity contribution < 1.29 is 4.79 Å². The third-order valence-electron chi connectivity index (χ3n) is 4.54. The maximum Gasteiger partial charge on any atom is 0.252 e. The number of rotatable bonds is 5. The second-order valence-corrected chi connectivity index (χ2v) is 7.46. The lowest BCUT2D eigenvalue weighted by Gasteiger charge is -2.28. The summed E-state index contributed by atoms with van der Waals surface area (Å²) >= 11 is 9.55. The lowest BCUT2D eigenvalue weighted by atomic mass is 10.1. The predicted molar refractivity (Wildman–Crippen MR) is 100 cm³/mol. The maximum atomic E-state index is 12.5. The Morgan fingerprint density at radius 3 is 2.75 bits per heavy atom. The number of carbonyl (C=O) groups is 1. The van der Waals surface area contributed by atoms with Gasteiger partial charge in [0.15, 0.2) is 0 Å². The fourth-order valence-corrected chi connectivity index (χ4v) is 3.82. The molecule has 1 N–H and O–H groups in total. The summed E-state index contributed by atoms with van der Waals surface area (Å²) < 4.78 is 2.97. The molecule has 4 nitrogen and oxygen atoms in total. The van der Waals surface area contributed by atoms with Crippen molar-refractivity contribution in [2.75, 3.05) is 19.6 Å². The largest absolute Gasteiger partial charge is 0.353 e. The van der Waals surface area contributed by atoms with Gasteiger partial charge in [-0.05, 0) is 56.3 Å². The molecule has 1 saturated heterocycles. The zero-order chi connectivity index (χ0) is 17.1. The van der Waals surface area contributed by atoms with Crippen molar-refractivity contribution in [3.63, 3.8) is 0 Å². The smallest absolute Gasteiger partial charge is 0.252 e. The molecule has 0 radical (unpaired) electrons. The van der Waals surface area contributed by atoms with Crippen LogP contribution in [0.25, 0.3) is 0 Å². The van der Waals surface area contributed by atoms with E-state index in [9.17, 15) is 4.79 Å². The van der Waals surface area contributed by atoms with E-state index in [2.05, 4.69) is 36.8 Å². The molecule has 1 aromatic carbocycles. The number of halogens is 2. The van der Waals surface area contributed by atoms with Crippen molar-refractivity contribution in [1.29, 1.82) is 0 Å². The van der Waals surface area contributed by atoms with Crippen LogP contribution >= 0.6 is 27.5 Å². The van der Waals surface area contributed by atoms with Crippen LogP contribution in [0.5, 0.6) is 0 Å². The lowest BCUT2D eigenvalue weighted by molar-refractivity contribution is 0.0937.